The van der Waals surface area contributed by atoms with Gasteiger partial charge in [-0.3, -0.25) is 20.2 Å². The Morgan fingerprint density at radius 3 is 1.66 bits per heavy atom. The van der Waals surface area contributed by atoms with E-state index in [0.29, 0.717) is 17.6 Å². The monoisotopic (exact) mass is 589 g/mol. The maximum absolute atomic E-state index is 12.9. The molecule has 0 aliphatic rings. The fourth-order valence-corrected chi connectivity index (χ4v) is 4.08. The third kappa shape index (κ3) is 10.1. The summed E-state index contributed by atoms with van der Waals surface area (Å²) in [5.74, 6) is -0.383. The molecule has 0 spiro atoms. The van der Waals surface area contributed by atoms with E-state index in [1.54, 1.807) is 14.1 Å². The van der Waals surface area contributed by atoms with Gasteiger partial charge in [0, 0.05) is 42.5 Å². The van der Waals surface area contributed by atoms with Crippen LogP contribution in [-0.4, -0.2) is 72.8 Å². The van der Waals surface area contributed by atoms with Crippen LogP contribution < -0.4 is 9.47 Å². The van der Waals surface area contributed by atoms with Crippen molar-refractivity contribution in [2.75, 3.05) is 39.5 Å². The van der Waals surface area contributed by atoms with E-state index < -0.39 is 31.7 Å². The van der Waals surface area contributed by atoms with Crippen LogP contribution >= 0.6 is 0 Å². The normalized spacial score (nSPS) is 11.5. The largest absolute Gasteiger partial charge is 0.748 e. The van der Waals surface area contributed by atoms with Gasteiger partial charge < -0.3 is 23.2 Å². The quantitative estimate of drug-likeness (QED) is 0.0859. The number of hydrogen-bond acceptors (Lipinski definition) is 11. The number of rotatable bonds is 14. The molecule has 0 aliphatic heterocycles. The van der Waals surface area contributed by atoms with Gasteiger partial charge >= 0.3 is 5.97 Å². The predicted molar refractivity (Wildman–Crippen MR) is 144 cm³/mol. The molecular weight excluding hydrogens is 562 g/mol. The van der Waals surface area contributed by atoms with Crippen molar-refractivity contribution in [3.63, 3.8) is 0 Å². The number of hydrogen-bond donors (Lipinski definition) is 0. The lowest BCUT2D eigenvalue weighted by atomic mass is 10.2. The SMILES string of the molecule is C[N+](C)(CCCS(=O)(=O)[O-])CCOC(=O)c1cc(Oc2ccc([N+](=O)[O-])cc2)cc(Oc2ccc([N+](=O)[O-])cc2)c1. The van der Waals surface area contributed by atoms with Crippen LogP contribution in [0.15, 0.2) is 66.7 Å². The van der Waals surface area contributed by atoms with E-state index in [1.165, 1.54) is 66.7 Å². The number of ether oxygens (including phenoxy) is 3. The highest BCUT2D eigenvalue weighted by Gasteiger charge is 2.19. The summed E-state index contributed by atoms with van der Waals surface area (Å²) in [5, 5.41) is 21.9. The summed E-state index contributed by atoms with van der Waals surface area (Å²) in [6, 6.07) is 14.8. The molecule has 218 valence electrons. The predicted octanol–water partition coefficient (Wildman–Crippen LogP) is 4.26. The minimum atomic E-state index is -4.31. The molecule has 0 saturated heterocycles. The molecule has 3 aromatic rings. The Hall–Kier alpha value is -4.60. The molecule has 0 unspecified atom stereocenters. The number of esters is 1. The van der Waals surface area contributed by atoms with E-state index in [0.717, 1.165) is 0 Å². The molecule has 41 heavy (non-hydrogen) atoms. The average Bonchev–Trinajstić information content (AvgIpc) is 2.88. The lowest BCUT2D eigenvalue weighted by Gasteiger charge is -2.29. The Morgan fingerprint density at radius 2 is 1.24 bits per heavy atom. The number of quaternary nitrogens is 1. The Morgan fingerprint density at radius 1 is 0.780 bits per heavy atom. The number of nitro groups is 2. The summed E-state index contributed by atoms with van der Waals surface area (Å²) >= 11 is 0. The molecule has 0 atom stereocenters. The Bertz CT molecular complexity index is 1430. The highest BCUT2D eigenvalue weighted by Crippen LogP contribution is 2.32. The molecule has 0 amide bonds. The van der Waals surface area contributed by atoms with Gasteiger partial charge in [-0.15, -0.1) is 0 Å². The van der Waals surface area contributed by atoms with Crippen LogP contribution in [0.4, 0.5) is 11.4 Å². The summed E-state index contributed by atoms with van der Waals surface area (Å²) in [4.78, 5) is 33.7. The zero-order chi connectivity index (χ0) is 30.2. The molecule has 3 aromatic carbocycles. The molecule has 0 N–H and O–H groups in total. The number of non-ortho nitro benzene ring substituents is 2. The zero-order valence-electron chi connectivity index (χ0n) is 22.1. The van der Waals surface area contributed by atoms with Gasteiger partial charge in [-0.25, -0.2) is 13.2 Å². The molecule has 0 bridgehead atoms. The maximum Gasteiger partial charge on any atom is 0.338 e. The third-order valence-electron chi connectivity index (χ3n) is 5.77. The molecule has 0 fully saturated rings. The van der Waals surface area contributed by atoms with Gasteiger partial charge in [-0.1, -0.05) is 0 Å². The summed E-state index contributed by atoms with van der Waals surface area (Å²) in [6.07, 6.45) is 0.165. The van der Waals surface area contributed by atoms with Crippen molar-refractivity contribution in [2.45, 2.75) is 6.42 Å². The molecular formula is C26H27N3O11S. The number of nitro benzene ring substituents is 2. The van der Waals surface area contributed by atoms with Crippen molar-refractivity contribution in [2.24, 2.45) is 0 Å². The van der Waals surface area contributed by atoms with Gasteiger partial charge in [0.1, 0.15) is 36.1 Å². The lowest BCUT2D eigenvalue weighted by molar-refractivity contribution is -0.890. The highest BCUT2D eigenvalue weighted by molar-refractivity contribution is 7.85. The van der Waals surface area contributed by atoms with Crippen LogP contribution in [-0.2, 0) is 14.9 Å². The van der Waals surface area contributed by atoms with Gasteiger partial charge in [0.15, 0.2) is 0 Å². The van der Waals surface area contributed by atoms with E-state index in [4.69, 9.17) is 14.2 Å². The first-order valence-electron chi connectivity index (χ1n) is 12.1. The number of carbonyl (C=O) groups is 1. The first-order valence-corrected chi connectivity index (χ1v) is 13.7. The Kier molecular flexibility index (Phi) is 9.94. The first kappa shape index (κ1) is 30.9. The van der Waals surface area contributed by atoms with Crippen LogP contribution in [0.2, 0.25) is 0 Å². The number of carbonyl (C=O) groups excluding carboxylic acids is 1. The van der Waals surface area contributed by atoms with Gasteiger partial charge in [-0.05, 0) is 36.4 Å². The second-order valence-corrected chi connectivity index (χ2v) is 11.1. The molecule has 0 heterocycles. The van der Waals surface area contributed by atoms with Crippen molar-refractivity contribution in [3.8, 4) is 23.0 Å². The van der Waals surface area contributed by atoms with Crippen LogP contribution in [0, 0.1) is 20.2 Å². The van der Waals surface area contributed by atoms with E-state index in [2.05, 4.69) is 0 Å². The number of likely N-dealkylation sites (N-methyl/N-ethyl adjacent to an activating group) is 1. The van der Waals surface area contributed by atoms with Crippen molar-refractivity contribution in [1.29, 1.82) is 0 Å². The van der Waals surface area contributed by atoms with Crippen molar-refractivity contribution >= 4 is 27.5 Å². The second-order valence-electron chi connectivity index (χ2n) is 9.53. The molecule has 0 radical (unpaired) electrons. The zero-order valence-corrected chi connectivity index (χ0v) is 22.9. The number of nitrogens with zero attached hydrogens (tertiary/aromatic N) is 3. The van der Waals surface area contributed by atoms with Gasteiger partial charge in [-0.2, -0.15) is 0 Å². The number of benzene rings is 3. The summed E-state index contributed by atoms with van der Waals surface area (Å²) < 4.78 is 49.8. The Labute approximate surface area is 235 Å². The van der Waals surface area contributed by atoms with E-state index in [1.807, 2.05) is 0 Å². The van der Waals surface area contributed by atoms with Gasteiger partial charge in [0.25, 0.3) is 11.4 Å². The summed E-state index contributed by atoms with van der Waals surface area (Å²) in [5.41, 5.74) is -0.204. The van der Waals surface area contributed by atoms with Gasteiger partial charge in [0.05, 0.1) is 46.2 Å². The average molecular weight is 590 g/mol. The lowest BCUT2D eigenvalue weighted by Crippen LogP contribution is -2.43. The molecule has 0 saturated carbocycles. The molecule has 0 aliphatic carbocycles. The molecule has 15 heteroatoms. The van der Waals surface area contributed by atoms with Crippen LogP contribution in [0.1, 0.15) is 16.8 Å². The first-order chi connectivity index (χ1) is 19.2. The maximum atomic E-state index is 12.9. The summed E-state index contributed by atoms with van der Waals surface area (Å²) in [7, 11) is -0.700. The topological polar surface area (TPSA) is 188 Å². The van der Waals surface area contributed by atoms with E-state index in [-0.39, 0.29) is 53.0 Å². The minimum absolute atomic E-state index is 0.0120. The fourth-order valence-electron chi connectivity index (χ4n) is 3.60. The smallest absolute Gasteiger partial charge is 0.338 e. The van der Waals surface area contributed by atoms with Crippen molar-refractivity contribution < 1.29 is 46.3 Å². The van der Waals surface area contributed by atoms with Crippen LogP contribution in [0.5, 0.6) is 23.0 Å². The molecule has 14 nitrogen and oxygen atoms in total. The van der Waals surface area contributed by atoms with E-state index >= 15 is 0 Å². The van der Waals surface area contributed by atoms with Crippen LogP contribution in [0.25, 0.3) is 0 Å². The molecule has 3 rings (SSSR count). The second kappa shape index (κ2) is 13.2. The highest BCUT2D eigenvalue weighted by atomic mass is 32.2. The minimum Gasteiger partial charge on any atom is -0.748 e. The van der Waals surface area contributed by atoms with Crippen LogP contribution in [0.3, 0.4) is 0 Å². The third-order valence-corrected chi connectivity index (χ3v) is 6.56. The van der Waals surface area contributed by atoms with Crippen molar-refractivity contribution in [1.82, 2.24) is 0 Å². The standard InChI is InChI=1S/C26H27N3O11S/c1-29(2,12-3-15-41(35,36)37)13-14-38-26(30)19-16-24(39-22-8-4-20(5-9-22)27(31)32)18-25(17-19)40-23-10-6-21(7-11-23)28(33)34/h4-11,16-18H,3,12-15H2,1-2H3. The van der Waals surface area contributed by atoms with Gasteiger partial charge in [0.2, 0.25) is 0 Å². The Balaban J connectivity index is 1.76. The van der Waals surface area contributed by atoms with E-state index in [9.17, 15) is 38.0 Å². The molecule has 0 aromatic heterocycles. The fraction of sp³-hybridized carbons (Fsp3) is 0.269. The summed E-state index contributed by atoms with van der Waals surface area (Å²) in [6.45, 7) is 0.711. The van der Waals surface area contributed by atoms with Crippen molar-refractivity contribution in [3.05, 3.63) is 92.5 Å².